The Labute approximate surface area is 73.8 Å². The lowest BCUT2D eigenvalue weighted by atomic mass is 10.2. The van der Waals surface area contributed by atoms with E-state index in [1.165, 1.54) is 17.0 Å². The van der Waals surface area contributed by atoms with Crippen molar-refractivity contribution in [2.24, 2.45) is 0 Å². The lowest BCUT2D eigenvalue weighted by Crippen LogP contribution is -1.75. The largest absolute Gasteiger partial charge is 0.359 e. The van der Waals surface area contributed by atoms with Crippen LogP contribution in [0.1, 0.15) is 23.9 Å². The molecule has 1 aromatic rings. The van der Waals surface area contributed by atoms with Crippen molar-refractivity contribution in [1.29, 1.82) is 0 Å². The van der Waals surface area contributed by atoms with Crippen molar-refractivity contribution in [3.05, 3.63) is 41.2 Å². The van der Waals surface area contributed by atoms with E-state index >= 15 is 0 Å². The monoisotopic (exact) mass is 161 g/mol. The van der Waals surface area contributed by atoms with Gasteiger partial charge in [-0.1, -0.05) is 18.2 Å². The topological polar surface area (TPSA) is 15.8 Å². The summed E-state index contributed by atoms with van der Waals surface area (Å²) in [6.45, 7) is 9.95. The molecule has 0 radical (unpaired) electrons. The third-order valence-electron chi connectivity index (χ3n) is 1.72. The van der Waals surface area contributed by atoms with E-state index in [0.29, 0.717) is 0 Å². The number of nitrogens with one attached hydrogen (secondary N) is 1. The molecule has 0 unspecified atom stereocenters. The van der Waals surface area contributed by atoms with Crippen LogP contribution in [0.2, 0.25) is 0 Å². The number of aromatic amines is 1. The molecule has 1 nitrogen and oxygen atoms in total. The van der Waals surface area contributed by atoms with Crippen LogP contribution in [0.25, 0.3) is 6.08 Å². The van der Waals surface area contributed by atoms with E-state index in [4.69, 9.17) is 0 Å². The van der Waals surface area contributed by atoms with E-state index in [1.54, 1.807) is 0 Å². The Balaban J connectivity index is 2.89. The highest BCUT2D eigenvalue weighted by Gasteiger charge is 1.96. The molecular weight excluding hydrogens is 146 g/mol. The Hall–Kier alpha value is -1.24. The third-order valence-corrected chi connectivity index (χ3v) is 1.72. The van der Waals surface area contributed by atoms with E-state index in [0.717, 1.165) is 5.57 Å². The SMILES string of the molecule is C=C(C)/C=C\c1[nH]c(C)cc1C. The van der Waals surface area contributed by atoms with Gasteiger partial charge in [-0.05, 0) is 38.5 Å². The molecule has 0 aliphatic carbocycles. The van der Waals surface area contributed by atoms with Crippen LogP contribution in [-0.2, 0) is 0 Å². The fraction of sp³-hybridized carbons (Fsp3) is 0.273. The number of aryl methyl sites for hydroxylation is 2. The molecule has 12 heavy (non-hydrogen) atoms. The zero-order valence-corrected chi connectivity index (χ0v) is 7.94. The molecule has 0 saturated heterocycles. The van der Waals surface area contributed by atoms with Gasteiger partial charge in [-0.15, -0.1) is 0 Å². The Morgan fingerprint density at radius 3 is 2.58 bits per heavy atom. The van der Waals surface area contributed by atoms with Crippen LogP contribution < -0.4 is 0 Å². The fourth-order valence-electron chi connectivity index (χ4n) is 1.15. The Morgan fingerprint density at radius 2 is 2.17 bits per heavy atom. The summed E-state index contributed by atoms with van der Waals surface area (Å²) >= 11 is 0. The number of allylic oxidation sites excluding steroid dienone is 2. The smallest absolute Gasteiger partial charge is 0.0412 e. The molecule has 0 bridgehead atoms. The van der Waals surface area contributed by atoms with Crippen LogP contribution in [0.5, 0.6) is 0 Å². The predicted molar refractivity (Wildman–Crippen MR) is 54.1 cm³/mol. The third kappa shape index (κ3) is 2.12. The summed E-state index contributed by atoms with van der Waals surface area (Å²) in [4.78, 5) is 3.27. The first-order chi connectivity index (χ1) is 5.59. The molecule has 1 N–H and O–H groups in total. The number of rotatable bonds is 2. The number of hydrogen-bond acceptors (Lipinski definition) is 0. The van der Waals surface area contributed by atoms with Gasteiger partial charge in [-0.25, -0.2) is 0 Å². The fourth-order valence-corrected chi connectivity index (χ4v) is 1.15. The van der Waals surface area contributed by atoms with Crippen molar-refractivity contribution in [2.45, 2.75) is 20.8 Å². The van der Waals surface area contributed by atoms with E-state index in [2.05, 4.69) is 37.6 Å². The van der Waals surface area contributed by atoms with Crippen molar-refractivity contribution in [3.63, 3.8) is 0 Å². The van der Waals surface area contributed by atoms with Crippen LogP contribution in [0.4, 0.5) is 0 Å². The van der Waals surface area contributed by atoms with Gasteiger partial charge in [0.25, 0.3) is 0 Å². The molecule has 64 valence electrons. The van der Waals surface area contributed by atoms with Gasteiger partial charge >= 0.3 is 0 Å². The summed E-state index contributed by atoms with van der Waals surface area (Å²) in [5.41, 5.74) is 4.73. The first-order valence-corrected chi connectivity index (χ1v) is 4.09. The van der Waals surface area contributed by atoms with Gasteiger partial charge in [0, 0.05) is 11.4 Å². The van der Waals surface area contributed by atoms with E-state index < -0.39 is 0 Å². The molecule has 0 spiro atoms. The second-order valence-electron chi connectivity index (χ2n) is 3.23. The van der Waals surface area contributed by atoms with Crippen LogP contribution in [0, 0.1) is 13.8 Å². The molecule has 0 fully saturated rings. The highest BCUT2D eigenvalue weighted by molar-refractivity contribution is 5.53. The highest BCUT2D eigenvalue weighted by atomic mass is 14.7. The maximum absolute atomic E-state index is 3.81. The molecule has 1 aromatic heterocycles. The normalized spacial score (nSPS) is 10.9. The zero-order chi connectivity index (χ0) is 9.14. The maximum Gasteiger partial charge on any atom is 0.0412 e. The summed E-state index contributed by atoms with van der Waals surface area (Å²) in [6, 6.07) is 2.14. The summed E-state index contributed by atoms with van der Waals surface area (Å²) in [5.74, 6) is 0. The van der Waals surface area contributed by atoms with Gasteiger partial charge in [-0.3, -0.25) is 0 Å². The molecule has 0 amide bonds. The summed E-state index contributed by atoms with van der Waals surface area (Å²) in [7, 11) is 0. The minimum absolute atomic E-state index is 1.07. The molecular formula is C11H15N. The molecule has 0 aliphatic heterocycles. The van der Waals surface area contributed by atoms with E-state index in [1.807, 2.05) is 13.0 Å². The molecule has 1 heteroatoms. The Morgan fingerprint density at radius 1 is 1.50 bits per heavy atom. The average molecular weight is 161 g/mol. The van der Waals surface area contributed by atoms with Gasteiger partial charge in [0.15, 0.2) is 0 Å². The molecule has 0 aromatic carbocycles. The van der Waals surface area contributed by atoms with Gasteiger partial charge in [-0.2, -0.15) is 0 Å². The van der Waals surface area contributed by atoms with Crippen molar-refractivity contribution in [3.8, 4) is 0 Å². The molecule has 1 heterocycles. The predicted octanol–water partition coefficient (Wildman–Crippen LogP) is 3.22. The van der Waals surface area contributed by atoms with Crippen molar-refractivity contribution in [1.82, 2.24) is 4.98 Å². The summed E-state index contributed by atoms with van der Waals surface area (Å²) in [5, 5.41) is 0. The van der Waals surface area contributed by atoms with Gasteiger partial charge in [0.1, 0.15) is 0 Å². The van der Waals surface area contributed by atoms with Gasteiger partial charge in [0.05, 0.1) is 0 Å². The first-order valence-electron chi connectivity index (χ1n) is 4.09. The van der Waals surface area contributed by atoms with Crippen LogP contribution in [0.3, 0.4) is 0 Å². The van der Waals surface area contributed by atoms with Crippen molar-refractivity contribution in [2.75, 3.05) is 0 Å². The van der Waals surface area contributed by atoms with E-state index in [9.17, 15) is 0 Å². The zero-order valence-electron chi connectivity index (χ0n) is 7.94. The first kappa shape index (κ1) is 8.85. The van der Waals surface area contributed by atoms with Crippen molar-refractivity contribution >= 4 is 6.08 Å². The van der Waals surface area contributed by atoms with Crippen molar-refractivity contribution < 1.29 is 0 Å². The second kappa shape index (κ2) is 3.44. The lowest BCUT2D eigenvalue weighted by Gasteiger charge is -1.90. The van der Waals surface area contributed by atoms with Crippen LogP contribution in [0.15, 0.2) is 24.3 Å². The second-order valence-corrected chi connectivity index (χ2v) is 3.23. The Bertz CT molecular complexity index is 316. The molecule has 1 rings (SSSR count). The number of H-pyrrole nitrogens is 1. The minimum atomic E-state index is 1.07. The molecule has 0 atom stereocenters. The van der Waals surface area contributed by atoms with E-state index in [-0.39, 0.29) is 0 Å². The standard InChI is InChI=1S/C11H15N/c1-8(2)5-6-11-9(3)7-10(4)12-11/h5-7,12H,1H2,2-4H3/b6-5-. The van der Waals surface area contributed by atoms with Crippen LogP contribution in [-0.4, -0.2) is 4.98 Å². The quantitative estimate of drug-likeness (QED) is 0.641. The average Bonchev–Trinajstić information content (AvgIpc) is 2.26. The summed E-state index contributed by atoms with van der Waals surface area (Å²) < 4.78 is 0. The van der Waals surface area contributed by atoms with Gasteiger partial charge in [0.2, 0.25) is 0 Å². The minimum Gasteiger partial charge on any atom is -0.359 e. The highest BCUT2D eigenvalue weighted by Crippen LogP contribution is 2.11. The van der Waals surface area contributed by atoms with Crippen LogP contribution >= 0.6 is 0 Å². The molecule has 0 aliphatic rings. The summed E-state index contributed by atoms with van der Waals surface area (Å²) in [6.07, 6.45) is 4.07. The van der Waals surface area contributed by atoms with Gasteiger partial charge < -0.3 is 4.98 Å². The number of aromatic nitrogens is 1. The molecule has 0 saturated carbocycles. The Kier molecular flexibility index (Phi) is 2.54. The lowest BCUT2D eigenvalue weighted by molar-refractivity contribution is 1.24. The maximum atomic E-state index is 3.81. The number of hydrogen-bond donors (Lipinski definition) is 1.